The third kappa shape index (κ3) is 3.39. The molecule has 0 bridgehead atoms. The van der Waals surface area contributed by atoms with Crippen LogP contribution in [0.2, 0.25) is 0 Å². The minimum absolute atomic E-state index is 0.0969. The summed E-state index contributed by atoms with van der Waals surface area (Å²) in [6, 6.07) is 2.20. The van der Waals surface area contributed by atoms with Gasteiger partial charge in [-0.05, 0) is 55.5 Å². The molecule has 0 radical (unpaired) electrons. The lowest BCUT2D eigenvalue weighted by atomic mass is 9.82. The molecule has 2 saturated heterocycles. The molecule has 3 heterocycles. The van der Waals surface area contributed by atoms with Gasteiger partial charge in [-0.2, -0.15) is 0 Å². The maximum atomic E-state index is 11.9. The van der Waals surface area contributed by atoms with E-state index >= 15 is 0 Å². The van der Waals surface area contributed by atoms with Crippen LogP contribution < -0.4 is 5.32 Å². The third-order valence-corrected chi connectivity index (χ3v) is 7.04. The summed E-state index contributed by atoms with van der Waals surface area (Å²) < 4.78 is 6.24. The Labute approximate surface area is 148 Å². The van der Waals surface area contributed by atoms with Crippen molar-refractivity contribution in [2.24, 2.45) is 11.8 Å². The zero-order chi connectivity index (χ0) is 16.6. The van der Waals surface area contributed by atoms with Crippen molar-refractivity contribution in [3.63, 3.8) is 0 Å². The molecule has 5 heteroatoms. The molecule has 24 heavy (non-hydrogen) atoms. The van der Waals surface area contributed by atoms with Gasteiger partial charge in [0.1, 0.15) is 0 Å². The monoisotopic (exact) mass is 348 g/mol. The molecule has 1 spiro atoms. The Kier molecular flexibility index (Phi) is 4.67. The van der Waals surface area contributed by atoms with Crippen molar-refractivity contribution in [3.8, 4) is 0 Å². The van der Waals surface area contributed by atoms with E-state index in [1.54, 1.807) is 0 Å². The van der Waals surface area contributed by atoms with Gasteiger partial charge in [0, 0.05) is 37.0 Å². The lowest BCUT2D eigenvalue weighted by Crippen LogP contribution is -2.64. The molecule has 1 aromatic heterocycles. The number of likely N-dealkylation sites (tertiary alicyclic amines) is 1. The number of hydrogen-bond donors (Lipinski definition) is 1. The number of amides is 1. The lowest BCUT2D eigenvalue weighted by Gasteiger charge is -2.53. The van der Waals surface area contributed by atoms with Gasteiger partial charge >= 0.3 is 0 Å². The molecule has 1 aromatic rings. The van der Waals surface area contributed by atoms with E-state index in [2.05, 4.69) is 28.6 Å². The molecular weight excluding hydrogens is 320 g/mol. The van der Waals surface area contributed by atoms with Crippen LogP contribution in [0.25, 0.3) is 0 Å². The zero-order valence-electron chi connectivity index (χ0n) is 14.6. The number of hydrogen-bond acceptors (Lipinski definition) is 4. The fourth-order valence-corrected chi connectivity index (χ4v) is 4.98. The highest BCUT2D eigenvalue weighted by Crippen LogP contribution is 2.37. The Balaban J connectivity index is 1.17. The molecule has 2 aliphatic heterocycles. The molecule has 1 aliphatic carbocycles. The predicted molar refractivity (Wildman–Crippen MR) is 96.1 cm³/mol. The first-order valence-corrected chi connectivity index (χ1v) is 10.2. The first-order chi connectivity index (χ1) is 11.6. The second-order valence-corrected chi connectivity index (χ2v) is 8.94. The standard InChI is InChI=1S/C19H28N2O2S/c1-14-6-8-24-17(14)10-21-12-19(13-21)7-5-15(11-23-19)9-20-18(22)16-3-2-4-16/h6,8,15-16H,2-5,7,9-13H2,1H3,(H,20,22). The summed E-state index contributed by atoms with van der Waals surface area (Å²) in [5, 5.41) is 5.31. The number of rotatable bonds is 5. The summed E-state index contributed by atoms with van der Waals surface area (Å²) in [4.78, 5) is 15.9. The Morgan fingerprint density at radius 1 is 1.42 bits per heavy atom. The first-order valence-electron chi connectivity index (χ1n) is 9.31. The van der Waals surface area contributed by atoms with Gasteiger partial charge in [-0.25, -0.2) is 0 Å². The van der Waals surface area contributed by atoms with Crippen LogP contribution in [-0.4, -0.2) is 42.6 Å². The number of ether oxygens (including phenoxy) is 1. The Morgan fingerprint density at radius 2 is 2.25 bits per heavy atom. The summed E-state index contributed by atoms with van der Waals surface area (Å²) in [5.74, 6) is 1.05. The second kappa shape index (κ2) is 6.77. The number of aryl methyl sites for hydroxylation is 1. The molecule has 3 aliphatic rings. The van der Waals surface area contributed by atoms with Crippen molar-refractivity contribution in [1.29, 1.82) is 0 Å². The molecule has 1 N–H and O–H groups in total. The van der Waals surface area contributed by atoms with E-state index in [0.29, 0.717) is 11.8 Å². The van der Waals surface area contributed by atoms with Crippen molar-refractivity contribution >= 4 is 17.2 Å². The minimum atomic E-state index is 0.0969. The van der Waals surface area contributed by atoms with Gasteiger partial charge in [-0.3, -0.25) is 9.69 Å². The number of carbonyl (C=O) groups excluding carboxylic acids is 1. The van der Waals surface area contributed by atoms with Gasteiger partial charge in [0.2, 0.25) is 5.91 Å². The van der Waals surface area contributed by atoms with E-state index in [9.17, 15) is 4.79 Å². The fraction of sp³-hybridized carbons (Fsp3) is 0.737. The highest BCUT2D eigenvalue weighted by Gasteiger charge is 2.46. The largest absolute Gasteiger partial charge is 0.372 e. The van der Waals surface area contributed by atoms with Crippen LogP contribution in [0, 0.1) is 18.8 Å². The molecule has 1 atom stereocenters. The van der Waals surface area contributed by atoms with Gasteiger partial charge in [0.05, 0.1) is 12.2 Å². The van der Waals surface area contributed by atoms with E-state index in [-0.39, 0.29) is 11.5 Å². The third-order valence-electron chi connectivity index (χ3n) is 6.03. The normalized spacial score (nSPS) is 26.8. The van der Waals surface area contributed by atoms with Crippen LogP contribution in [0.1, 0.15) is 42.5 Å². The van der Waals surface area contributed by atoms with Crippen molar-refractivity contribution < 1.29 is 9.53 Å². The Hall–Kier alpha value is -0.910. The maximum absolute atomic E-state index is 11.9. The fourth-order valence-electron chi connectivity index (χ4n) is 4.04. The van der Waals surface area contributed by atoms with Crippen LogP contribution in [0.4, 0.5) is 0 Å². The summed E-state index contributed by atoms with van der Waals surface area (Å²) in [5.41, 5.74) is 1.51. The highest BCUT2D eigenvalue weighted by molar-refractivity contribution is 7.10. The number of nitrogens with one attached hydrogen (secondary N) is 1. The van der Waals surface area contributed by atoms with Gasteiger partial charge in [-0.1, -0.05) is 6.42 Å². The van der Waals surface area contributed by atoms with Crippen LogP contribution in [0.15, 0.2) is 11.4 Å². The molecule has 1 saturated carbocycles. The Bertz CT molecular complexity index is 580. The highest BCUT2D eigenvalue weighted by atomic mass is 32.1. The molecule has 132 valence electrons. The van der Waals surface area contributed by atoms with Crippen LogP contribution in [0.3, 0.4) is 0 Å². The molecule has 0 aromatic carbocycles. The molecule has 3 fully saturated rings. The van der Waals surface area contributed by atoms with Crippen molar-refractivity contribution in [3.05, 3.63) is 21.9 Å². The zero-order valence-corrected chi connectivity index (χ0v) is 15.4. The summed E-state index contributed by atoms with van der Waals surface area (Å²) in [6.45, 7) is 6.98. The average Bonchev–Trinajstić information content (AvgIpc) is 2.88. The molecular formula is C19H28N2O2S. The van der Waals surface area contributed by atoms with E-state index in [0.717, 1.165) is 52.0 Å². The summed E-state index contributed by atoms with van der Waals surface area (Å²) in [7, 11) is 0. The summed E-state index contributed by atoms with van der Waals surface area (Å²) >= 11 is 1.86. The number of carbonyl (C=O) groups is 1. The lowest BCUT2D eigenvalue weighted by molar-refractivity contribution is -0.181. The van der Waals surface area contributed by atoms with Crippen molar-refractivity contribution in [1.82, 2.24) is 10.2 Å². The topological polar surface area (TPSA) is 41.6 Å². The number of thiophene rings is 1. The van der Waals surface area contributed by atoms with Gasteiger partial charge in [0.15, 0.2) is 0 Å². The molecule has 1 amide bonds. The average molecular weight is 349 g/mol. The quantitative estimate of drug-likeness (QED) is 0.889. The van der Waals surface area contributed by atoms with Gasteiger partial charge in [0.25, 0.3) is 0 Å². The smallest absolute Gasteiger partial charge is 0.223 e. The van der Waals surface area contributed by atoms with E-state index in [4.69, 9.17) is 4.74 Å². The van der Waals surface area contributed by atoms with Crippen molar-refractivity contribution in [2.45, 2.75) is 51.2 Å². The van der Waals surface area contributed by atoms with E-state index in [1.807, 2.05) is 11.3 Å². The number of nitrogens with zero attached hydrogens (tertiary/aromatic N) is 1. The molecule has 4 nitrogen and oxygen atoms in total. The van der Waals surface area contributed by atoms with Gasteiger partial charge < -0.3 is 10.1 Å². The van der Waals surface area contributed by atoms with Crippen LogP contribution in [0.5, 0.6) is 0 Å². The van der Waals surface area contributed by atoms with Crippen molar-refractivity contribution in [2.75, 3.05) is 26.2 Å². The summed E-state index contributed by atoms with van der Waals surface area (Å²) in [6.07, 6.45) is 5.69. The maximum Gasteiger partial charge on any atom is 0.223 e. The van der Waals surface area contributed by atoms with Crippen LogP contribution >= 0.6 is 11.3 Å². The second-order valence-electron chi connectivity index (χ2n) is 7.94. The minimum Gasteiger partial charge on any atom is -0.372 e. The van der Waals surface area contributed by atoms with Crippen LogP contribution in [-0.2, 0) is 16.1 Å². The van der Waals surface area contributed by atoms with E-state index in [1.165, 1.54) is 23.3 Å². The molecule has 4 rings (SSSR count). The Morgan fingerprint density at radius 3 is 2.83 bits per heavy atom. The van der Waals surface area contributed by atoms with Gasteiger partial charge in [-0.15, -0.1) is 11.3 Å². The SMILES string of the molecule is Cc1ccsc1CN1CC2(CCC(CNC(=O)C3CCC3)CO2)C1. The predicted octanol–water partition coefficient (Wildman–Crippen LogP) is 2.95. The van der Waals surface area contributed by atoms with E-state index < -0.39 is 0 Å². The molecule has 1 unspecified atom stereocenters. The first kappa shape index (κ1) is 16.6.